The lowest BCUT2D eigenvalue weighted by molar-refractivity contribution is 0.462. The first-order chi connectivity index (χ1) is 5.75. The van der Waals surface area contributed by atoms with Crippen molar-refractivity contribution < 1.29 is 5.11 Å². The van der Waals surface area contributed by atoms with E-state index >= 15 is 0 Å². The van der Waals surface area contributed by atoms with Crippen LogP contribution in [0, 0.1) is 11.3 Å². The third-order valence-electron chi connectivity index (χ3n) is 1.65. The summed E-state index contributed by atoms with van der Waals surface area (Å²) in [6.45, 7) is 0. The van der Waals surface area contributed by atoms with E-state index in [0.29, 0.717) is 5.56 Å². The average Bonchev–Trinajstić information content (AvgIpc) is 2.05. The van der Waals surface area contributed by atoms with Crippen molar-refractivity contribution in [3.8, 4) is 11.8 Å². The minimum absolute atomic E-state index is 0. The second-order valence-corrected chi connectivity index (χ2v) is 2.53. The first-order valence-corrected chi connectivity index (χ1v) is 3.66. The van der Waals surface area contributed by atoms with Crippen LogP contribution in [0.5, 0.6) is 5.75 Å². The van der Waals surface area contributed by atoms with E-state index in [-0.39, 0.29) is 24.6 Å². The number of phenolic OH excluding ortho intramolecular Hbond substituents is 1. The molecule has 1 aromatic rings. The van der Waals surface area contributed by atoms with Crippen LogP contribution in [0.4, 0.5) is 0 Å². The SMILES string of the molecule is Cl.N#CC[C@@H](N)c1ccccc1O. The van der Waals surface area contributed by atoms with E-state index < -0.39 is 6.04 Å². The van der Waals surface area contributed by atoms with Crippen LogP contribution in [0.1, 0.15) is 18.0 Å². The van der Waals surface area contributed by atoms with E-state index in [1.807, 2.05) is 6.07 Å². The third kappa shape index (κ3) is 2.94. The number of hydrogen-bond acceptors (Lipinski definition) is 3. The summed E-state index contributed by atoms with van der Waals surface area (Å²) in [6, 6.07) is 8.35. The Kier molecular flexibility index (Phi) is 4.90. The van der Waals surface area contributed by atoms with E-state index in [9.17, 15) is 5.11 Å². The summed E-state index contributed by atoms with van der Waals surface area (Å²) in [7, 11) is 0. The van der Waals surface area contributed by atoms with E-state index in [4.69, 9.17) is 11.0 Å². The number of aromatic hydroxyl groups is 1. The first kappa shape index (κ1) is 11.8. The summed E-state index contributed by atoms with van der Waals surface area (Å²) < 4.78 is 0. The van der Waals surface area contributed by atoms with E-state index in [2.05, 4.69) is 0 Å². The van der Waals surface area contributed by atoms with Gasteiger partial charge in [-0.3, -0.25) is 0 Å². The highest BCUT2D eigenvalue weighted by Crippen LogP contribution is 2.23. The fourth-order valence-electron chi connectivity index (χ4n) is 1.01. The summed E-state index contributed by atoms with van der Waals surface area (Å²) in [5, 5.41) is 17.7. The molecule has 0 saturated carbocycles. The molecule has 1 aromatic carbocycles. The van der Waals surface area contributed by atoms with Crippen molar-refractivity contribution in [2.45, 2.75) is 12.5 Å². The molecule has 70 valence electrons. The zero-order valence-corrected chi connectivity index (χ0v) is 7.79. The van der Waals surface area contributed by atoms with Gasteiger partial charge >= 0.3 is 0 Å². The Hall–Kier alpha value is -1.24. The van der Waals surface area contributed by atoms with Crippen molar-refractivity contribution in [2.75, 3.05) is 0 Å². The van der Waals surface area contributed by atoms with Crippen molar-refractivity contribution in [3.63, 3.8) is 0 Å². The maximum absolute atomic E-state index is 9.32. The molecule has 1 rings (SSSR count). The van der Waals surface area contributed by atoms with Gasteiger partial charge in [-0.15, -0.1) is 12.4 Å². The number of phenols is 1. The Morgan fingerprint density at radius 1 is 1.46 bits per heavy atom. The highest BCUT2D eigenvalue weighted by molar-refractivity contribution is 5.85. The molecule has 0 heterocycles. The van der Waals surface area contributed by atoms with Gasteiger partial charge in [0.15, 0.2) is 0 Å². The van der Waals surface area contributed by atoms with Crippen LogP contribution in [0.25, 0.3) is 0 Å². The van der Waals surface area contributed by atoms with Crippen molar-refractivity contribution >= 4 is 12.4 Å². The molecular weight excluding hydrogens is 188 g/mol. The zero-order valence-electron chi connectivity index (χ0n) is 6.97. The lowest BCUT2D eigenvalue weighted by atomic mass is 10.0. The van der Waals surface area contributed by atoms with Gasteiger partial charge < -0.3 is 10.8 Å². The first-order valence-electron chi connectivity index (χ1n) is 3.66. The number of rotatable bonds is 2. The zero-order chi connectivity index (χ0) is 8.97. The van der Waals surface area contributed by atoms with Crippen LogP contribution in [-0.2, 0) is 0 Å². The summed E-state index contributed by atoms with van der Waals surface area (Å²) in [4.78, 5) is 0. The molecule has 3 N–H and O–H groups in total. The lowest BCUT2D eigenvalue weighted by Gasteiger charge is -2.08. The van der Waals surface area contributed by atoms with Gasteiger partial charge in [0.2, 0.25) is 0 Å². The minimum atomic E-state index is -0.392. The standard InChI is InChI=1S/C9H10N2O.ClH/c10-6-5-8(11)7-3-1-2-4-9(7)12;/h1-4,8,12H,5,11H2;1H/t8-;/m1./s1. The lowest BCUT2D eigenvalue weighted by Crippen LogP contribution is -2.09. The predicted octanol–water partition coefficient (Wildman–Crippen LogP) is 1.73. The molecule has 0 radical (unpaired) electrons. The number of nitrogens with two attached hydrogens (primary N) is 1. The van der Waals surface area contributed by atoms with Crippen molar-refractivity contribution in [1.29, 1.82) is 5.26 Å². The van der Waals surface area contributed by atoms with Crippen molar-refractivity contribution in [3.05, 3.63) is 29.8 Å². The van der Waals surface area contributed by atoms with E-state index in [0.717, 1.165) is 0 Å². The van der Waals surface area contributed by atoms with Gasteiger partial charge in [-0.1, -0.05) is 18.2 Å². The van der Waals surface area contributed by atoms with E-state index in [1.165, 1.54) is 0 Å². The molecular formula is C9H11ClN2O. The Morgan fingerprint density at radius 3 is 2.62 bits per heavy atom. The highest BCUT2D eigenvalue weighted by Gasteiger charge is 2.08. The molecule has 3 nitrogen and oxygen atoms in total. The Bertz CT molecular complexity index is 309. The molecule has 0 spiro atoms. The van der Waals surface area contributed by atoms with Gasteiger partial charge in [-0.05, 0) is 6.07 Å². The topological polar surface area (TPSA) is 70.0 Å². The quantitative estimate of drug-likeness (QED) is 0.761. The molecule has 0 aliphatic heterocycles. The van der Waals surface area contributed by atoms with Gasteiger partial charge in [-0.2, -0.15) is 5.26 Å². The highest BCUT2D eigenvalue weighted by atomic mass is 35.5. The molecule has 0 unspecified atom stereocenters. The molecule has 0 amide bonds. The number of nitriles is 1. The predicted molar refractivity (Wildman–Crippen MR) is 52.5 cm³/mol. The molecule has 0 aliphatic rings. The third-order valence-corrected chi connectivity index (χ3v) is 1.65. The molecule has 0 bridgehead atoms. The molecule has 0 aromatic heterocycles. The molecule has 1 atom stereocenters. The summed E-state index contributed by atoms with van der Waals surface area (Å²) in [5.41, 5.74) is 6.25. The normalized spacial score (nSPS) is 11.1. The van der Waals surface area contributed by atoms with Gasteiger partial charge in [0.05, 0.1) is 12.5 Å². The van der Waals surface area contributed by atoms with Crippen LogP contribution in [-0.4, -0.2) is 5.11 Å². The Labute approximate surface area is 83.2 Å². The number of para-hydroxylation sites is 1. The second kappa shape index (κ2) is 5.41. The number of hydrogen-bond donors (Lipinski definition) is 2. The van der Waals surface area contributed by atoms with Crippen LogP contribution in [0.15, 0.2) is 24.3 Å². The average molecular weight is 199 g/mol. The number of halogens is 1. The summed E-state index contributed by atoms with van der Waals surface area (Å²) in [5.74, 6) is 0.153. The molecule has 13 heavy (non-hydrogen) atoms. The van der Waals surface area contributed by atoms with Crippen LogP contribution >= 0.6 is 12.4 Å². The number of nitrogens with zero attached hydrogens (tertiary/aromatic N) is 1. The molecule has 4 heteroatoms. The molecule has 0 saturated heterocycles. The van der Waals surface area contributed by atoms with Gasteiger partial charge in [0.25, 0.3) is 0 Å². The van der Waals surface area contributed by atoms with Gasteiger partial charge in [0, 0.05) is 11.6 Å². The summed E-state index contributed by atoms with van der Waals surface area (Å²) in [6.07, 6.45) is 0.220. The van der Waals surface area contributed by atoms with Crippen LogP contribution < -0.4 is 5.73 Å². The largest absolute Gasteiger partial charge is 0.508 e. The van der Waals surface area contributed by atoms with Gasteiger partial charge in [-0.25, -0.2) is 0 Å². The number of benzene rings is 1. The van der Waals surface area contributed by atoms with Gasteiger partial charge in [0.1, 0.15) is 5.75 Å². The summed E-state index contributed by atoms with van der Waals surface area (Å²) >= 11 is 0. The Morgan fingerprint density at radius 2 is 2.08 bits per heavy atom. The Balaban J connectivity index is 0.00000144. The van der Waals surface area contributed by atoms with E-state index in [1.54, 1.807) is 24.3 Å². The smallest absolute Gasteiger partial charge is 0.120 e. The van der Waals surface area contributed by atoms with Crippen molar-refractivity contribution in [1.82, 2.24) is 0 Å². The van der Waals surface area contributed by atoms with Crippen LogP contribution in [0.2, 0.25) is 0 Å². The monoisotopic (exact) mass is 198 g/mol. The van der Waals surface area contributed by atoms with Crippen molar-refractivity contribution in [2.24, 2.45) is 5.73 Å². The molecule has 0 fully saturated rings. The second-order valence-electron chi connectivity index (χ2n) is 2.53. The maximum Gasteiger partial charge on any atom is 0.120 e. The van der Waals surface area contributed by atoms with Crippen LogP contribution in [0.3, 0.4) is 0 Å². The maximum atomic E-state index is 9.32. The fraction of sp³-hybridized carbons (Fsp3) is 0.222. The molecule has 0 aliphatic carbocycles. The minimum Gasteiger partial charge on any atom is -0.508 e. The fourth-order valence-corrected chi connectivity index (χ4v) is 1.01.